The summed E-state index contributed by atoms with van der Waals surface area (Å²) in [6, 6.07) is 7.92. The van der Waals surface area contributed by atoms with E-state index in [1.807, 2.05) is 24.3 Å². The van der Waals surface area contributed by atoms with E-state index in [-0.39, 0.29) is 5.91 Å². The van der Waals surface area contributed by atoms with E-state index in [0.29, 0.717) is 6.42 Å². The van der Waals surface area contributed by atoms with E-state index in [1.54, 1.807) is 0 Å². The van der Waals surface area contributed by atoms with Crippen LogP contribution in [0, 0.1) is 5.92 Å². The Morgan fingerprint density at radius 2 is 2.33 bits per heavy atom. The van der Waals surface area contributed by atoms with Crippen LogP contribution in [0.3, 0.4) is 0 Å². The second-order valence-electron chi connectivity index (χ2n) is 6.06. The molecule has 0 bridgehead atoms. The van der Waals surface area contributed by atoms with Gasteiger partial charge in [0.15, 0.2) is 0 Å². The number of halogens is 1. The topological polar surface area (TPSA) is 32.3 Å². The number of nitrogens with one attached hydrogen (secondary N) is 1. The number of benzene rings is 1. The Labute approximate surface area is 136 Å². The number of hydrogen-bond donors (Lipinski definition) is 1. The molecule has 1 saturated heterocycles. The molecule has 1 aromatic rings. The highest BCUT2D eigenvalue weighted by molar-refractivity contribution is 9.10. The van der Waals surface area contributed by atoms with Crippen molar-refractivity contribution in [3.8, 4) is 0 Å². The minimum absolute atomic E-state index is 0.111. The molecular formula is C17H25BrN2O. The molecule has 0 spiro atoms. The van der Waals surface area contributed by atoms with Gasteiger partial charge in [-0.25, -0.2) is 0 Å². The van der Waals surface area contributed by atoms with Gasteiger partial charge in [-0.2, -0.15) is 0 Å². The minimum atomic E-state index is 0.111. The summed E-state index contributed by atoms with van der Waals surface area (Å²) in [6.07, 6.45) is 4.17. The number of carbonyl (C=O) groups excluding carboxylic acids is 1. The number of hydrogen-bond acceptors (Lipinski definition) is 2. The Hall–Kier alpha value is -0.870. The second-order valence-corrected chi connectivity index (χ2v) is 6.97. The van der Waals surface area contributed by atoms with E-state index in [4.69, 9.17) is 0 Å². The molecule has 0 unspecified atom stereocenters. The van der Waals surface area contributed by atoms with Gasteiger partial charge >= 0.3 is 0 Å². The van der Waals surface area contributed by atoms with Gasteiger partial charge in [-0.05, 0) is 56.0 Å². The summed E-state index contributed by atoms with van der Waals surface area (Å²) in [6.45, 7) is 6.63. The normalized spacial score (nSPS) is 19.4. The first-order valence-electron chi connectivity index (χ1n) is 7.87. The molecule has 1 fully saturated rings. The van der Waals surface area contributed by atoms with Crippen molar-refractivity contribution in [1.29, 1.82) is 0 Å². The second kappa shape index (κ2) is 8.54. The predicted molar refractivity (Wildman–Crippen MR) is 90.3 cm³/mol. The summed E-state index contributed by atoms with van der Waals surface area (Å²) in [5.41, 5.74) is 1.05. The van der Waals surface area contributed by atoms with Crippen molar-refractivity contribution < 1.29 is 4.79 Å². The van der Waals surface area contributed by atoms with Crippen molar-refractivity contribution in [2.24, 2.45) is 5.92 Å². The van der Waals surface area contributed by atoms with Gasteiger partial charge in [0.05, 0.1) is 6.42 Å². The molecule has 1 heterocycles. The predicted octanol–water partition coefficient (Wildman–Crippen LogP) is 3.23. The van der Waals surface area contributed by atoms with E-state index < -0.39 is 0 Å². The zero-order valence-electron chi connectivity index (χ0n) is 12.8. The van der Waals surface area contributed by atoms with Crippen LogP contribution in [-0.4, -0.2) is 37.0 Å². The molecular weight excluding hydrogens is 328 g/mol. The molecule has 4 heteroatoms. The molecule has 0 saturated carbocycles. The molecule has 116 valence electrons. The van der Waals surface area contributed by atoms with Crippen LogP contribution in [-0.2, 0) is 11.2 Å². The Morgan fingerprint density at radius 1 is 1.48 bits per heavy atom. The van der Waals surface area contributed by atoms with Crippen LogP contribution in [0.2, 0.25) is 0 Å². The van der Waals surface area contributed by atoms with Gasteiger partial charge in [0.25, 0.3) is 0 Å². The highest BCUT2D eigenvalue weighted by Crippen LogP contribution is 2.15. The van der Waals surface area contributed by atoms with Crippen molar-refractivity contribution >= 4 is 21.8 Å². The molecule has 1 aliphatic rings. The van der Waals surface area contributed by atoms with Gasteiger partial charge in [0, 0.05) is 17.6 Å². The Bertz CT molecular complexity index is 464. The van der Waals surface area contributed by atoms with Crippen molar-refractivity contribution in [3.63, 3.8) is 0 Å². The summed E-state index contributed by atoms with van der Waals surface area (Å²) in [5.74, 6) is 0.935. The minimum Gasteiger partial charge on any atom is -0.356 e. The highest BCUT2D eigenvalue weighted by atomic mass is 79.9. The molecule has 21 heavy (non-hydrogen) atoms. The van der Waals surface area contributed by atoms with Crippen LogP contribution in [0.4, 0.5) is 0 Å². The maximum absolute atomic E-state index is 11.9. The Morgan fingerprint density at radius 3 is 3.10 bits per heavy atom. The first-order chi connectivity index (χ1) is 10.1. The van der Waals surface area contributed by atoms with Crippen LogP contribution in [0.5, 0.6) is 0 Å². The lowest BCUT2D eigenvalue weighted by Crippen LogP contribution is -2.36. The average Bonchev–Trinajstić information content (AvgIpc) is 2.44. The fraction of sp³-hybridized carbons (Fsp3) is 0.588. The third-order valence-corrected chi connectivity index (χ3v) is 4.46. The lowest BCUT2D eigenvalue weighted by Gasteiger charge is -2.30. The fourth-order valence-electron chi connectivity index (χ4n) is 2.92. The number of rotatable bonds is 6. The van der Waals surface area contributed by atoms with Crippen molar-refractivity contribution in [2.45, 2.75) is 32.6 Å². The quantitative estimate of drug-likeness (QED) is 0.797. The molecule has 1 atom stereocenters. The maximum atomic E-state index is 11.9. The Kier molecular flexibility index (Phi) is 6.71. The molecule has 0 radical (unpaired) electrons. The average molecular weight is 353 g/mol. The third-order valence-electron chi connectivity index (χ3n) is 3.97. The fourth-order valence-corrected chi connectivity index (χ4v) is 3.36. The third kappa shape index (κ3) is 6.18. The van der Waals surface area contributed by atoms with Gasteiger partial charge in [0.1, 0.15) is 0 Å². The summed E-state index contributed by atoms with van der Waals surface area (Å²) in [7, 11) is 0. The van der Waals surface area contributed by atoms with Crippen molar-refractivity contribution in [3.05, 3.63) is 34.3 Å². The van der Waals surface area contributed by atoms with Crippen LogP contribution in [0.1, 0.15) is 31.7 Å². The molecule has 3 nitrogen and oxygen atoms in total. The van der Waals surface area contributed by atoms with Crippen molar-refractivity contribution in [1.82, 2.24) is 10.2 Å². The van der Waals surface area contributed by atoms with E-state index in [2.05, 4.69) is 33.1 Å². The van der Waals surface area contributed by atoms with E-state index in [9.17, 15) is 4.79 Å². The Balaban J connectivity index is 1.61. The number of piperidine rings is 1. The van der Waals surface area contributed by atoms with Gasteiger partial charge in [-0.3, -0.25) is 4.79 Å². The summed E-state index contributed by atoms with van der Waals surface area (Å²) < 4.78 is 1.02. The van der Waals surface area contributed by atoms with E-state index in [1.165, 1.54) is 25.9 Å². The summed E-state index contributed by atoms with van der Waals surface area (Å²) >= 11 is 3.43. The summed E-state index contributed by atoms with van der Waals surface area (Å²) in [5, 5.41) is 3.02. The molecule has 1 aromatic carbocycles. The molecule has 1 amide bonds. The zero-order chi connectivity index (χ0) is 15.1. The van der Waals surface area contributed by atoms with Gasteiger partial charge in [-0.15, -0.1) is 0 Å². The first kappa shape index (κ1) is 16.5. The number of nitrogens with zero attached hydrogens (tertiary/aromatic N) is 1. The van der Waals surface area contributed by atoms with Crippen molar-refractivity contribution in [2.75, 3.05) is 26.2 Å². The largest absolute Gasteiger partial charge is 0.356 e. The number of amides is 1. The van der Waals surface area contributed by atoms with Gasteiger partial charge < -0.3 is 10.2 Å². The standard InChI is InChI=1S/C17H25BrN2O/c1-14-5-3-9-20(13-14)10-4-8-19-17(21)12-15-6-2-7-16(18)11-15/h2,6-7,11,14H,3-5,8-10,12-13H2,1H3,(H,19,21)/t14-/m0/s1. The highest BCUT2D eigenvalue weighted by Gasteiger charge is 2.15. The van der Waals surface area contributed by atoms with Crippen LogP contribution < -0.4 is 5.32 Å². The van der Waals surface area contributed by atoms with Crippen LogP contribution in [0.15, 0.2) is 28.7 Å². The zero-order valence-corrected chi connectivity index (χ0v) is 14.4. The summed E-state index contributed by atoms with van der Waals surface area (Å²) in [4.78, 5) is 14.4. The van der Waals surface area contributed by atoms with Crippen LogP contribution >= 0.6 is 15.9 Å². The van der Waals surface area contributed by atoms with Crippen LogP contribution in [0.25, 0.3) is 0 Å². The maximum Gasteiger partial charge on any atom is 0.224 e. The number of carbonyl (C=O) groups is 1. The SMILES string of the molecule is C[C@H]1CCCN(CCCNC(=O)Cc2cccc(Br)c2)C1. The smallest absolute Gasteiger partial charge is 0.224 e. The molecule has 0 aromatic heterocycles. The lowest BCUT2D eigenvalue weighted by molar-refractivity contribution is -0.120. The molecule has 1 N–H and O–H groups in total. The van der Waals surface area contributed by atoms with Gasteiger partial charge in [-0.1, -0.05) is 35.0 Å². The van der Waals surface area contributed by atoms with Gasteiger partial charge in [0.2, 0.25) is 5.91 Å². The number of likely N-dealkylation sites (tertiary alicyclic amines) is 1. The molecule has 1 aliphatic heterocycles. The lowest BCUT2D eigenvalue weighted by atomic mass is 10.0. The monoisotopic (exact) mass is 352 g/mol. The molecule has 0 aliphatic carbocycles. The first-order valence-corrected chi connectivity index (χ1v) is 8.66. The van der Waals surface area contributed by atoms with E-state index >= 15 is 0 Å². The molecule has 2 rings (SSSR count). The van der Waals surface area contributed by atoms with E-state index in [0.717, 1.165) is 35.5 Å².